The predicted octanol–water partition coefficient (Wildman–Crippen LogP) is 4.51. The highest BCUT2D eigenvalue weighted by Gasteiger charge is 2.25. The molecule has 2 aromatic rings. The fraction of sp³-hybridized carbons (Fsp3) is 0.381. The van der Waals surface area contributed by atoms with Crippen LogP contribution < -0.4 is 10.6 Å². The molecule has 1 aliphatic rings. The zero-order chi connectivity index (χ0) is 18.5. The van der Waals surface area contributed by atoms with Crippen LogP contribution in [0.15, 0.2) is 42.5 Å². The molecule has 1 amide bonds. The standard InChI is InChI=1S/C21H24ClFN2O/c1-2-14-12-24-10-9-16(14)13-25-21(26)20-18(7-4-8-19(20)23)15-5-3-6-17(22)11-15/h3-8,11,14,16,24H,2,9-10,12-13H2,1H3,(H,25,26)/t14-,16+/m0/s1. The van der Waals surface area contributed by atoms with Gasteiger partial charge in [-0.05, 0) is 60.7 Å². The maximum Gasteiger partial charge on any atom is 0.254 e. The van der Waals surface area contributed by atoms with Crippen molar-refractivity contribution >= 4 is 17.5 Å². The second-order valence-electron chi connectivity index (χ2n) is 6.80. The Morgan fingerprint density at radius 1 is 1.27 bits per heavy atom. The molecular weight excluding hydrogens is 351 g/mol. The van der Waals surface area contributed by atoms with Crippen molar-refractivity contribution in [2.24, 2.45) is 11.8 Å². The van der Waals surface area contributed by atoms with E-state index in [9.17, 15) is 9.18 Å². The van der Waals surface area contributed by atoms with Crippen LogP contribution in [-0.4, -0.2) is 25.5 Å². The van der Waals surface area contributed by atoms with Gasteiger partial charge >= 0.3 is 0 Å². The molecule has 1 saturated heterocycles. The van der Waals surface area contributed by atoms with Gasteiger partial charge in [-0.25, -0.2) is 4.39 Å². The molecule has 1 heterocycles. The summed E-state index contributed by atoms with van der Waals surface area (Å²) in [7, 11) is 0. The number of piperidine rings is 1. The van der Waals surface area contributed by atoms with Gasteiger partial charge in [0.05, 0.1) is 5.56 Å². The van der Waals surface area contributed by atoms with Gasteiger partial charge in [-0.15, -0.1) is 0 Å². The molecule has 0 bridgehead atoms. The average Bonchev–Trinajstić information content (AvgIpc) is 2.66. The van der Waals surface area contributed by atoms with Crippen LogP contribution in [0.1, 0.15) is 30.1 Å². The van der Waals surface area contributed by atoms with Crippen LogP contribution in [0.4, 0.5) is 4.39 Å². The first-order valence-corrected chi connectivity index (χ1v) is 9.51. The van der Waals surface area contributed by atoms with Gasteiger partial charge in [0.25, 0.3) is 5.91 Å². The maximum absolute atomic E-state index is 14.5. The van der Waals surface area contributed by atoms with Crippen LogP contribution in [0, 0.1) is 17.7 Å². The molecule has 3 rings (SSSR count). The summed E-state index contributed by atoms with van der Waals surface area (Å²) in [5.74, 6) is 0.0763. The molecule has 26 heavy (non-hydrogen) atoms. The molecule has 5 heteroatoms. The summed E-state index contributed by atoms with van der Waals surface area (Å²) in [4.78, 5) is 12.8. The third kappa shape index (κ3) is 4.25. The minimum absolute atomic E-state index is 0.0803. The van der Waals surface area contributed by atoms with Crippen LogP contribution >= 0.6 is 11.6 Å². The maximum atomic E-state index is 14.5. The average molecular weight is 375 g/mol. The number of carbonyl (C=O) groups excluding carboxylic acids is 1. The highest BCUT2D eigenvalue weighted by Crippen LogP contribution is 2.28. The molecular formula is C21H24ClFN2O. The lowest BCUT2D eigenvalue weighted by Gasteiger charge is -2.31. The van der Waals surface area contributed by atoms with Crippen molar-refractivity contribution < 1.29 is 9.18 Å². The molecule has 2 atom stereocenters. The lowest BCUT2D eigenvalue weighted by molar-refractivity contribution is 0.0932. The summed E-state index contributed by atoms with van der Waals surface area (Å²) in [5, 5.41) is 6.91. The number of carbonyl (C=O) groups is 1. The quantitative estimate of drug-likeness (QED) is 0.808. The van der Waals surface area contributed by atoms with E-state index < -0.39 is 5.82 Å². The molecule has 2 aromatic carbocycles. The predicted molar refractivity (Wildman–Crippen MR) is 104 cm³/mol. The number of nitrogens with one attached hydrogen (secondary N) is 2. The van der Waals surface area contributed by atoms with Crippen molar-refractivity contribution in [1.82, 2.24) is 10.6 Å². The van der Waals surface area contributed by atoms with E-state index in [2.05, 4.69) is 17.6 Å². The molecule has 0 saturated carbocycles. The monoisotopic (exact) mass is 374 g/mol. The van der Waals surface area contributed by atoms with E-state index in [4.69, 9.17) is 11.6 Å². The third-order valence-electron chi connectivity index (χ3n) is 5.19. The van der Waals surface area contributed by atoms with Crippen molar-refractivity contribution in [3.63, 3.8) is 0 Å². The number of benzene rings is 2. The first-order valence-electron chi connectivity index (χ1n) is 9.13. The first kappa shape index (κ1) is 18.9. The van der Waals surface area contributed by atoms with E-state index in [0.717, 1.165) is 31.5 Å². The lowest BCUT2D eigenvalue weighted by Crippen LogP contribution is -2.42. The second-order valence-corrected chi connectivity index (χ2v) is 7.24. The van der Waals surface area contributed by atoms with Crippen LogP contribution in [-0.2, 0) is 0 Å². The Kier molecular flexibility index (Phi) is 6.28. The molecule has 138 valence electrons. The van der Waals surface area contributed by atoms with Gasteiger partial charge in [-0.2, -0.15) is 0 Å². The van der Waals surface area contributed by atoms with Gasteiger partial charge in [0, 0.05) is 11.6 Å². The Labute approximate surface area is 158 Å². The van der Waals surface area contributed by atoms with E-state index in [1.165, 1.54) is 6.07 Å². The topological polar surface area (TPSA) is 41.1 Å². The van der Waals surface area contributed by atoms with Gasteiger partial charge in [0.15, 0.2) is 0 Å². The van der Waals surface area contributed by atoms with Crippen molar-refractivity contribution in [2.45, 2.75) is 19.8 Å². The second kappa shape index (κ2) is 8.65. The highest BCUT2D eigenvalue weighted by molar-refractivity contribution is 6.30. The fourth-order valence-electron chi connectivity index (χ4n) is 3.69. The molecule has 0 aromatic heterocycles. The fourth-order valence-corrected chi connectivity index (χ4v) is 3.88. The van der Waals surface area contributed by atoms with Crippen molar-refractivity contribution in [2.75, 3.05) is 19.6 Å². The largest absolute Gasteiger partial charge is 0.352 e. The van der Waals surface area contributed by atoms with Crippen LogP contribution in [0.5, 0.6) is 0 Å². The van der Waals surface area contributed by atoms with Gasteiger partial charge in [-0.3, -0.25) is 4.79 Å². The Morgan fingerprint density at radius 3 is 2.85 bits per heavy atom. The first-order chi connectivity index (χ1) is 12.6. The minimum Gasteiger partial charge on any atom is -0.352 e. The zero-order valence-electron chi connectivity index (χ0n) is 14.9. The number of halogens is 2. The van der Waals surface area contributed by atoms with Crippen molar-refractivity contribution in [3.8, 4) is 11.1 Å². The summed E-state index contributed by atoms with van der Waals surface area (Å²) in [5.41, 5.74) is 1.37. The van der Waals surface area contributed by atoms with E-state index in [1.54, 1.807) is 30.3 Å². The minimum atomic E-state index is -0.516. The summed E-state index contributed by atoms with van der Waals surface area (Å²) >= 11 is 6.06. The molecule has 0 spiro atoms. The van der Waals surface area contributed by atoms with Gasteiger partial charge in [0.2, 0.25) is 0 Å². The Morgan fingerprint density at radius 2 is 2.08 bits per heavy atom. The normalized spacial score (nSPS) is 20.0. The number of amides is 1. The summed E-state index contributed by atoms with van der Waals surface area (Å²) in [6.07, 6.45) is 2.10. The van der Waals surface area contributed by atoms with Crippen LogP contribution in [0.2, 0.25) is 5.02 Å². The summed E-state index contributed by atoms with van der Waals surface area (Å²) in [6.45, 7) is 4.68. The van der Waals surface area contributed by atoms with Crippen LogP contribution in [0.3, 0.4) is 0 Å². The van der Waals surface area contributed by atoms with Crippen molar-refractivity contribution in [3.05, 3.63) is 58.9 Å². The van der Waals surface area contributed by atoms with E-state index in [1.807, 2.05) is 6.07 Å². The molecule has 0 aliphatic carbocycles. The molecule has 1 fully saturated rings. The number of hydrogen-bond donors (Lipinski definition) is 2. The molecule has 0 unspecified atom stereocenters. The van der Waals surface area contributed by atoms with Gasteiger partial charge < -0.3 is 10.6 Å². The lowest BCUT2D eigenvalue weighted by atomic mass is 9.84. The Balaban J connectivity index is 1.81. The highest BCUT2D eigenvalue weighted by atomic mass is 35.5. The SMILES string of the molecule is CC[C@H]1CNCC[C@@H]1CNC(=O)c1c(F)cccc1-c1cccc(Cl)c1. The van der Waals surface area contributed by atoms with Crippen LogP contribution in [0.25, 0.3) is 11.1 Å². The van der Waals surface area contributed by atoms with E-state index in [-0.39, 0.29) is 11.5 Å². The zero-order valence-corrected chi connectivity index (χ0v) is 15.7. The molecule has 1 aliphatic heterocycles. The number of hydrogen-bond acceptors (Lipinski definition) is 2. The number of rotatable bonds is 5. The Hall–Kier alpha value is -1.91. The van der Waals surface area contributed by atoms with E-state index in [0.29, 0.717) is 29.0 Å². The summed E-state index contributed by atoms with van der Waals surface area (Å²) in [6, 6.07) is 11.8. The third-order valence-corrected chi connectivity index (χ3v) is 5.43. The van der Waals surface area contributed by atoms with Gasteiger partial charge in [-0.1, -0.05) is 49.2 Å². The van der Waals surface area contributed by atoms with Crippen molar-refractivity contribution in [1.29, 1.82) is 0 Å². The van der Waals surface area contributed by atoms with Gasteiger partial charge in [0.1, 0.15) is 5.82 Å². The molecule has 2 N–H and O–H groups in total. The summed E-state index contributed by atoms with van der Waals surface area (Å²) < 4.78 is 14.5. The molecule has 0 radical (unpaired) electrons. The van der Waals surface area contributed by atoms with E-state index >= 15 is 0 Å². The smallest absolute Gasteiger partial charge is 0.254 e. The Bertz CT molecular complexity index is 780. The molecule has 3 nitrogen and oxygen atoms in total.